The average molecular weight is 351 g/mol. The number of rotatable bonds is 3. The third-order valence-electron chi connectivity index (χ3n) is 5.26. The maximum absolute atomic E-state index is 13.0. The first-order chi connectivity index (χ1) is 12.5. The van der Waals surface area contributed by atoms with E-state index in [9.17, 15) is 9.18 Å². The molecule has 0 unspecified atom stereocenters. The second-order valence-corrected chi connectivity index (χ2v) is 7.16. The highest BCUT2D eigenvalue weighted by molar-refractivity contribution is 6.05. The fraction of sp³-hybridized carbons (Fsp3) is 0.286. The maximum atomic E-state index is 13.0. The van der Waals surface area contributed by atoms with Crippen molar-refractivity contribution >= 4 is 22.5 Å². The summed E-state index contributed by atoms with van der Waals surface area (Å²) in [6.45, 7) is 0. The average Bonchev–Trinajstić information content (AvgIpc) is 2.98. The first-order valence-corrected chi connectivity index (χ1v) is 8.88. The molecule has 1 amide bonds. The number of hydrogen-bond donors (Lipinski definition) is 2. The van der Waals surface area contributed by atoms with E-state index in [1.807, 2.05) is 12.1 Å². The molecular weight excluding hydrogens is 329 g/mol. The molecule has 1 aliphatic rings. The number of hydrogen-bond acceptors (Lipinski definition) is 2. The maximum Gasteiger partial charge on any atom is 0.255 e. The third kappa shape index (κ3) is 3.10. The van der Waals surface area contributed by atoms with Crippen molar-refractivity contribution in [2.75, 3.05) is 19.4 Å². The molecule has 4 rings (SSSR count). The van der Waals surface area contributed by atoms with Gasteiger partial charge in [-0.2, -0.15) is 0 Å². The molecule has 0 fully saturated rings. The second kappa shape index (κ2) is 6.57. The van der Waals surface area contributed by atoms with Gasteiger partial charge in [-0.05, 0) is 68.9 Å². The van der Waals surface area contributed by atoms with Crippen LogP contribution in [0.4, 0.5) is 10.1 Å². The summed E-state index contributed by atoms with van der Waals surface area (Å²) in [5.74, 6) is -0.593. The van der Waals surface area contributed by atoms with Crippen LogP contribution in [0, 0.1) is 5.82 Å². The van der Waals surface area contributed by atoms with Crippen LogP contribution in [0.1, 0.15) is 28.0 Å². The number of carbonyl (C=O) groups is 1. The van der Waals surface area contributed by atoms with Gasteiger partial charge in [-0.25, -0.2) is 4.39 Å². The smallest absolute Gasteiger partial charge is 0.255 e. The van der Waals surface area contributed by atoms with Crippen LogP contribution in [0.5, 0.6) is 0 Å². The number of aromatic nitrogens is 1. The molecule has 1 heterocycles. The number of H-pyrrole nitrogens is 1. The molecule has 2 N–H and O–H groups in total. The van der Waals surface area contributed by atoms with Crippen molar-refractivity contribution in [3.05, 3.63) is 65.1 Å². The molecule has 134 valence electrons. The molecule has 5 heteroatoms. The Morgan fingerprint density at radius 2 is 1.96 bits per heavy atom. The Morgan fingerprint density at radius 1 is 1.19 bits per heavy atom. The Bertz CT molecular complexity index is 959. The molecule has 0 saturated heterocycles. The van der Waals surface area contributed by atoms with Crippen LogP contribution in [0.15, 0.2) is 42.5 Å². The topological polar surface area (TPSA) is 48.1 Å². The van der Waals surface area contributed by atoms with Gasteiger partial charge in [-0.15, -0.1) is 0 Å². The summed E-state index contributed by atoms with van der Waals surface area (Å²) in [4.78, 5) is 18.1. The highest BCUT2D eigenvalue weighted by Crippen LogP contribution is 2.31. The van der Waals surface area contributed by atoms with Crippen molar-refractivity contribution in [2.45, 2.75) is 25.3 Å². The lowest BCUT2D eigenvalue weighted by molar-refractivity contribution is 0.102. The molecular formula is C21H22FN3O. The number of benzene rings is 2. The number of fused-ring (bicyclic) bond motifs is 3. The van der Waals surface area contributed by atoms with Gasteiger partial charge >= 0.3 is 0 Å². The number of halogens is 1. The Hall–Kier alpha value is -2.66. The zero-order chi connectivity index (χ0) is 18.3. The summed E-state index contributed by atoms with van der Waals surface area (Å²) >= 11 is 0. The number of aromatic amines is 1. The SMILES string of the molecule is CN(C)[C@H]1CCc2c([nH]c3cc(NC(=O)c4ccc(F)cc4)ccc23)C1. The van der Waals surface area contributed by atoms with Crippen molar-refractivity contribution in [2.24, 2.45) is 0 Å². The Labute approximate surface area is 152 Å². The zero-order valence-corrected chi connectivity index (χ0v) is 15.0. The van der Waals surface area contributed by atoms with E-state index < -0.39 is 0 Å². The van der Waals surface area contributed by atoms with E-state index in [1.54, 1.807) is 0 Å². The lowest BCUT2D eigenvalue weighted by Gasteiger charge is -2.28. The number of carbonyl (C=O) groups excluding carboxylic acids is 1. The molecule has 0 aliphatic heterocycles. The number of likely N-dealkylation sites (N-methyl/N-ethyl adjacent to an activating group) is 1. The molecule has 3 aromatic rings. The minimum atomic E-state index is -0.351. The van der Waals surface area contributed by atoms with E-state index in [4.69, 9.17) is 0 Å². The van der Waals surface area contributed by atoms with Gasteiger partial charge in [0.2, 0.25) is 0 Å². The van der Waals surface area contributed by atoms with Gasteiger partial charge in [0.05, 0.1) is 0 Å². The standard InChI is InChI=1S/C21H22FN3O/c1-25(2)16-8-10-18-17-9-7-15(11-19(17)24-20(18)12-16)23-21(26)13-3-5-14(22)6-4-13/h3-7,9,11,16,24H,8,10,12H2,1-2H3,(H,23,26)/t16-/m0/s1. The van der Waals surface area contributed by atoms with Crippen molar-refractivity contribution < 1.29 is 9.18 Å². The van der Waals surface area contributed by atoms with E-state index in [0.717, 1.165) is 30.5 Å². The van der Waals surface area contributed by atoms with Crippen molar-refractivity contribution in [1.29, 1.82) is 0 Å². The number of nitrogens with one attached hydrogen (secondary N) is 2. The quantitative estimate of drug-likeness (QED) is 0.750. The fourth-order valence-electron chi connectivity index (χ4n) is 3.74. The Kier molecular flexibility index (Phi) is 4.24. The third-order valence-corrected chi connectivity index (χ3v) is 5.26. The first kappa shape index (κ1) is 16.8. The molecule has 2 aromatic carbocycles. The van der Waals surface area contributed by atoms with Crippen molar-refractivity contribution in [1.82, 2.24) is 9.88 Å². The van der Waals surface area contributed by atoms with Gasteiger partial charge < -0.3 is 15.2 Å². The van der Waals surface area contributed by atoms with Crippen molar-refractivity contribution in [3.63, 3.8) is 0 Å². The van der Waals surface area contributed by atoms with E-state index >= 15 is 0 Å². The van der Waals surface area contributed by atoms with Crippen LogP contribution in [0.25, 0.3) is 10.9 Å². The number of amides is 1. The number of anilines is 1. The summed E-state index contributed by atoms with van der Waals surface area (Å²) in [5, 5.41) is 4.12. The van der Waals surface area contributed by atoms with Crippen LogP contribution in [0.3, 0.4) is 0 Å². The summed E-state index contributed by atoms with van der Waals surface area (Å²) < 4.78 is 13.0. The molecule has 4 nitrogen and oxygen atoms in total. The van der Waals surface area contributed by atoms with Gasteiger partial charge in [0.1, 0.15) is 5.82 Å². The molecule has 0 spiro atoms. The lowest BCUT2D eigenvalue weighted by Crippen LogP contribution is -2.33. The van der Waals surface area contributed by atoms with Crippen LogP contribution in [0.2, 0.25) is 0 Å². The molecule has 0 bridgehead atoms. The predicted molar refractivity (Wildman–Crippen MR) is 102 cm³/mol. The summed E-state index contributed by atoms with van der Waals surface area (Å²) in [7, 11) is 4.25. The van der Waals surface area contributed by atoms with Crippen LogP contribution in [-0.2, 0) is 12.8 Å². The molecule has 1 aromatic heterocycles. The van der Waals surface area contributed by atoms with E-state index in [-0.39, 0.29) is 11.7 Å². The van der Waals surface area contributed by atoms with Gasteiger partial charge in [0, 0.05) is 40.3 Å². The molecule has 26 heavy (non-hydrogen) atoms. The predicted octanol–water partition coefficient (Wildman–Crippen LogP) is 3.98. The van der Waals surface area contributed by atoms with Gasteiger partial charge in [-0.1, -0.05) is 6.07 Å². The van der Waals surface area contributed by atoms with E-state index in [1.165, 1.54) is 40.9 Å². The number of aryl methyl sites for hydroxylation is 1. The van der Waals surface area contributed by atoms with Crippen molar-refractivity contribution in [3.8, 4) is 0 Å². The van der Waals surface area contributed by atoms with Gasteiger partial charge in [0.15, 0.2) is 0 Å². The summed E-state index contributed by atoms with van der Waals surface area (Å²) in [6, 6.07) is 12.1. The van der Waals surface area contributed by atoms with Gasteiger partial charge in [0.25, 0.3) is 5.91 Å². The zero-order valence-electron chi connectivity index (χ0n) is 15.0. The molecule has 1 atom stereocenters. The van der Waals surface area contributed by atoms with Gasteiger partial charge in [-0.3, -0.25) is 4.79 Å². The lowest BCUT2D eigenvalue weighted by atomic mass is 9.91. The Morgan fingerprint density at radius 3 is 2.69 bits per heavy atom. The summed E-state index contributed by atoms with van der Waals surface area (Å²) in [6.07, 6.45) is 3.25. The minimum absolute atomic E-state index is 0.242. The molecule has 0 radical (unpaired) electrons. The monoisotopic (exact) mass is 351 g/mol. The number of nitrogens with zero attached hydrogens (tertiary/aromatic N) is 1. The van der Waals surface area contributed by atoms with Crippen LogP contribution >= 0.6 is 0 Å². The summed E-state index contributed by atoms with van der Waals surface area (Å²) in [5.41, 5.74) is 4.91. The highest BCUT2D eigenvalue weighted by Gasteiger charge is 2.23. The minimum Gasteiger partial charge on any atom is -0.358 e. The van der Waals surface area contributed by atoms with Crippen LogP contribution in [-0.4, -0.2) is 35.9 Å². The highest BCUT2D eigenvalue weighted by atomic mass is 19.1. The normalized spacial score (nSPS) is 16.7. The largest absolute Gasteiger partial charge is 0.358 e. The second-order valence-electron chi connectivity index (χ2n) is 7.16. The fourth-order valence-corrected chi connectivity index (χ4v) is 3.74. The first-order valence-electron chi connectivity index (χ1n) is 8.88. The van der Waals surface area contributed by atoms with E-state index in [2.05, 4.69) is 35.4 Å². The molecule has 0 saturated carbocycles. The Balaban J connectivity index is 1.58. The van der Waals surface area contributed by atoms with E-state index in [0.29, 0.717) is 11.6 Å². The van der Waals surface area contributed by atoms with Crippen LogP contribution < -0.4 is 5.32 Å². The molecule has 1 aliphatic carbocycles.